The molecule has 1 atom stereocenters. The third-order valence-corrected chi connectivity index (χ3v) is 5.60. The molecule has 3 nitrogen and oxygen atoms in total. The summed E-state index contributed by atoms with van der Waals surface area (Å²) in [5.41, 5.74) is 4.00. The molecule has 5 heteroatoms. The van der Waals surface area contributed by atoms with E-state index in [2.05, 4.69) is 0 Å². The van der Waals surface area contributed by atoms with Gasteiger partial charge in [-0.3, -0.25) is 9.78 Å². The number of piperidine rings is 1. The molecule has 0 bridgehead atoms. The molecule has 30 heavy (non-hydrogen) atoms. The van der Waals surface area contributed by atoms with Crippen molar-refractivity contribution in [2.24, 2.45) is 0 Å². The zero-order valence-corrected chi connectivity index (χ0v) is 16.9. The zero-order chi connectivity index (χ0) is 21.1. The highest BCUT2D eigenvalue weighted by atomic mass is 19.1. The number of nitrogens with zero attached hydrogens (tertiary/aromatic N) is 2. The van der Waals surface area contributed by atoms with Gasteiger partial charge in [-0.05, 0) is 73.4 Å². The van der Waals surface area contributed by atoms with Gasteiger partial charge in [0.15, 0.2) is 0 Å². The third-order valence-electron chi connectivity index (χ3n) is 5.60. The zero-order valence-electron chi connectivity index (χ0n) is 16.9. The molecule has 3 aromatic rings. The van der Waals surface area contributed by atoms with Gasteiger partial charge in [-0.25, -0.2) is 8.78 Å². The predicted molar refractivity (Wildman–Crippen MR) is 112 cm³/mol. The fourth-order valence-electron chi connectivity index (χ4n) is 4.12. The number of hydrogen-bond donors (Lipinski definition) is 0. The Kier molecular flexibility index (Phi) is 5.88. The predicted octanol–water partition coefficient (Wildman–Crippen LogP) is 5.28. The van der Waals surface area contributed by atoms with E-state index in [9.17, 15) is 13.6 Å². The van der Waals surface area contributed by atoms with Gasteiger partial charge in [0.25, 0.3) is 5.91 Å². The first-order valence-electron chi connectivity index (χ1n) is 10.3. The summed E-state index contributed by atoms with van der Waals surface area (Å²) in [6.45, 7) is 3.20. The molecule has 1 fully saturated rings. The summed E-state index contributed by atoms with van der Waals surface area (Å²) in [6.07, 6.45) is 2.34. The standard InChI is InChI=1S/C25H24F2N2O/c1-17-13-18(14-20-5-2-3-7-23(20)27)15-24(28-17)21-6-4-12-29(16-21)25(30)19-8-10-22(26)11-9-19/h2-3,5,7-11,13,15,21H,4,6,12,14,16H2,1H3. The molecular weight excluding hydrogens is 382 g/mol. The lowest BCUT2D eigenvalue weighted by Gasteiger charge is -2.33. The van der Waals surface area contributed by atoms with Crippen LogP contribution in [-0.2, 0) is 6.42 Å². The molecule has 1 amide bonds. The molecule has 4 rings (SSSR count). The second kappa shape index (κ2) is 8.74. The summed E-state index contributed by atoms with van der Waals surface area (Å²) in [6, 6.07) is 16.5. The van der Waals surface area contributed by atoms with E-state index >= 15 is 0 Å². The lowest BCUT2D eigenvalue weighted by atomic mass is 9.92. The molecule has 0 radical (unpaired) electrons. The molecule has 0 saturated carbocycles. The SMILES string of the molecule is Cc1cc(Cc2ccccc2F)cc(C2CCCN(C(=O)c3ccc(F)cc3)C2)n1. The van der Waals surface area contributed by atoms with Gasteiger partial charge >= 0.3 is 0 Å². The van der Waals surface area contributed by atoms with Crippen LogP contribution in [0.3, 0.4) is 0 Å². The first-order valence-corrected chi connectivity index (χ1v) is 10.3. The van der Waals surface area contributed by atoms with Crippen molar-refractivity contribution in [3.8, 4) is 0 Å². The minimum absolute atomic E-state index is 0.0843. The molecule has 1 unspecified atom stereocenters. The van der Waals surface area contributed by atoms with Crippen molar-refractivity contribution in [2.45, 2.75) is 32.1 Å². The highest BCUT2D eigenvalue weighted by Gasteiger charge is 2.26. The van der Waals surface area contributed by atoms with Gasteiger partial charge in [-0.15, -0.1) is 0 Å². The van der Waals surface area contributed by atoms with Crippen molar-refractivity contribution in [3.63, 3.8) is 0 Å². The third kappa shape index (κ3) is 4.56. The molecule has 1 aliphatic heterocycles. The van der Waals surface area contributed by atoms with Crippen LogP contribution in [0.1, 0.15) is 51.6 Å². The molecule has 0 aliphatic carbocycles. The topological polar surface area (TPSA) is 33.2 Å². The van der Waals surface area contributed by atoms with Crippen molar-refractivity contribution >= 4 is 5.91 Å². The van der Waals surface area contributed by atoms with Crippen LogP contribution in [0.5, 0.6) is 0 Å². The average Bonchev–Trinajstić information content (AvgIpc) is 2.75. The molecule has 154 valence electrons. The lowest BCUT2D eigenvalue weighted by molar-refractivity contribution is 0.0706. The van der Waals surface area contributed by atoms with E-state index in [0.29, 0.717) is 30.6 Å². The van der Waals surface area contributed by atoms with E-state index in [1.165, 1.54) is 30.3 Å². The summed E-state index contributed by atoms with van der Waals surface area (Å²) in [5, 5.41) is 0. The Morgan fingerprint density at radius 1 is 1.10 bits per heavy atom. The molecule has 0 N–H and O–H groups in total. The fourth-order valence-corrected chi connectivity index (χ4v) is 4.12. The van der Waals surface area contributed by atoms with Crippen LogP contribution in [0.15, 0.2) is 60.7 Å². The van der Waals surface area contributed by atoms with Crippen LogP contribution in [-0.4, -0.2) is 28.9 Å². The summed E-state index contributed by atoms with van der Waals surface area (Å²) >= 11 is 0. The van der Waals surface area contributed by atoms with Gasteiger partial charge in [0.05, 0.1) is 0 Å². The molecule has 1 aromatic heterocycles. The Balaban J connectivity index is 1.53. The summed E-state index contributed by atoms with van der Waals surface area (Å²) < 4.78 is 27.2. The Bertz CT molecular complexity index is 1050. The average molecular weight is 406 g/mol. The minimum atomic E-state index is -0.352. The quantitative estimate of drug-likeness (QED) is 0.591. The van der Waals surface area contributed by atoms with Gasteiger partial charge in [-0.2, -0.15) is 0 Å². The Morgan fingerprint density at radius 3 is 2.63 bits per heavy atom. The number of aromatic nitrogens is 1. The molecule has 0 spiro atoms. The Hall–Kier alpha value is -3.08. The highest BCUT2D eigenvalue weighted by molar-refractivity contribution is 5.94. The Morgan fingerprint density at radius 2 is 1.87 bits per heavy atom. The first kappa shape index (κ1) is 20.2. The monoisotopic (exact) mass is 406 g/mol. The normalized spacial score (nSPS) is 16.5. The number of rotatable bonds is 4. The van der Waals surface area contributed by atoms with Crippen molar-refractivity contribution in [2.75, 3.05) is 13.1 Å². The van der Waals surface area contributed by atoms with E-state index in [0.717, 1.165) is 29.8 Å². The Labute approximate surface area is 175 Å². The number of hydrogen-bond acceptors (Lipinski definition) is 2. The largest absolute Gasteiger partial charge is 0.338 e. The summed E-state index contributed by atoms with van der Waals surface area (Å²) in [5.74, 6) is -0.516. The van der Waals surface area contributed by atoms with E-state index in [-0.39, 0.29) is 23.5 Å². The van der Waals surface area contributed by atoms with Crippen LogP contribution < -0.4 is 0 Å². The first-order chi connectivity index (χ1) is 14.5. The maximum Gasteiger partial charge on any atom is 0.253 e. The van der Waals surface area contributed by atoms with Gasteiger partial charge < -0.3 is 4.90 Å². The number of pyridine rings is 1. The highest BCUT2D eigenvalue weighted by Crippen LogP contribution is 2.28. The van der Waals surface area contributed by atoms with Crippen LogP contribution in [0.4, 0.5) is 8.78 Å². The van der Waals surface area contributed by atoms with E-state index in [1.807, 2.05) is 30.0 Å². The molecular formula is C25H24F2N2O. The number of aryl methyl sites for hydroxylation is 1. The van der Waals surface area contributed by atoms with Gasteiger partial charge in [0.2, 0.25) is 0 Å². The smallest absolute Gasteiger partial charge is 0.253 e. The molecule has 1 saturated heterocycles. The number of halogens is 2. The summed E-state index contributed by atoms with van der Waals surface area (Å²) in [7, 11) is 0. The van der Waals surface area contributed by atoms with Crippen molar-refractivity contribution in [1.82, 2.24) is 9.88 Å². The second-order valence-electron chi connectivity index (χ2n) is 7.91. The number of carbonyl (C=O) groups is 1. The summed E-state index contributed by atoms with van der Waals surface area (Å²) in [4.78, 5) is 19.4. The number of likely N-dealkylation sites (tertiary alicyclic amines) is 1. The van der Waals surface area contributed by atoms with Gasteiger partial charge in [0.1, 0.15) is 11.6 Å². The van der Waals surface area contributed by atoms with Crippen molar-refractivity contribution in [1.29, 1.82) is 0 Å². The van der Waals surface area contributed by atoms with Crippen LogP contribution >= 0.6 is 0 Å². The van der Waals surface area contributed by atoms with E-state index in [1.54, 1.807) is 12.1 Å². The van der Waals surface area contributed by atoms with Crippen molar-refractivity contribution in [3.05, 3.63) is 100 Å². The fraction of sp³-hybridized carbons (Fsp3) is 0.280. The number of carbonyl (C=O) groups excluding carboxylic acids is 1. The van der Waals surface area contributed by atoms with Gasteiger partial charge in [0, 0.05) is 42.4 Å². The number of benzene rings is 2. The second-order valence-corrected chi connectivity index (χ2v) is 7.91. The van der Waals surface area contributed by atoms with Crippen LogP contribution in [0.2, 0.25) is 0 Å². The van der Waals surface area contributed by atoms with E-state index in [4.69, 9.17) is 4.98 Å². The van der Waals surface area contributed by atoms with Crippen LogP contribution in [0.25, 0.3) is 0 Å². The molecule has 2 heterocycles. The maximum atomic E-state index is 14.1. The maximum absolute atomic E-state index is 14.1. The molecule has 1 aliphatic rings. The number of amides is 1. The van der Waals surface area contributed by atoms with Crippen molar-refractivity contribution < 1.29 is 13.6 Å². The minimum Gasteiger partial charge on any atom is -0.338 e. The van der Waals surface area contributed by atoms with E-state index < -0.39 is 0 Å². The van der Waals surface area contributed by atoms with Gasteiger partial charge in [-0.1, -0.05) is 18.2 Å². The van der Waals surface area contributed by atoms with Crippen LogP contribution in [0, 0.1) is 18.6 Å². The lowest BCUT2D eigenvalue weighted by Crippen LogP contribution is -2.39. The molecule has 2 aromatic carbocycles.